The van der Waals surface area contributed by atoms with Crippen molar-refractivity contribution in [1.82, 2.24) is 19.1 Å². The van der Waals surface area contributed by atoms with Gasteiger partial charge < -0.3 is 0 Å². The Morgan fingerprint density at radius 2 is 1.43 bits per heavy atom. The molecule has 4 rings (SSSR count). The van der Waals surface area contributed by atoms with Gasteiger partial charge in [0.15, 0.2) is 5.52 Å². The van der Waals surface area contributed by atoms with Gasteiger partial charge in [0.25, 0.3) is 5.56 Å². The molecule has 0 amide bonds. The molecule has 0 spiro atoms. The minimum Gasteiger partial charge on any atom is -0.287 e. The molecule has 152 valence electrons. The zero-order valence-corrected chi connectivity index (χ0v) is 15.5. The predicted molar refractivity (Wildman–Crippen MR) is 104 cm³/mol. The third kappa shape index (κ3) is 3.73. The molecule has 0 radical (unpaired) electrons. The first-order chi connectivity index (χ1) is 14.3. The lowest BCUT2D eigenvalue weighted by Crippen LogP contribution is -2.40. The van der Waals surface area contributed by atoms with Crippen LogP contribution < -0.4 is 11.2 Å². The van der Waals surface area contributed by atoms with E-state index in [-0.39, 0.29) is 18.6 Å². The summed E-state index contributed by atoms with van der Waals surface area (Å²) < 4.78 is 40.9. The SMILES string of the molecule is O=c1c2ncccc2n(Cc2ccc(C(F)(F)F)cc2)c(=O)n1Cc1ccncc1. The highest BCUT2D eigenvalue weighted by Gasteiger charge is 2.30. The molecule has 0 aliphatic carbocycles. The van der Waals surface area contributed by atoms with E-state index in [4.69, 9.17) is 0 Å². The van der Waals surface area contributed by atoms with Crippen molar-refractivity contribution in [2.45, 2.75) is 19.3 Å². The Kier molecular flexibility index (Phi) is 4.94. The largest absolute Gasteiger partial charge is 0.416 e. The molecule has 9 heteroatoms. The number of alkyl halides is 3. The first kappa shape index (κ1) is 19.6. The molecule has 0 N–H and O–H groups in total. The number of hydrogen-bond acceptors (Lipinski definition) is 4. The van der Waals surface area contributed by atoms with E-state index in [1.54, 1.807) is 36.7 Å². The summed E-state index contributed by atoms with van der Waals surface area (Å²) in [6, 6.07) is 11.1. The van der Waals surface area contributed by atoms with Crippen LogP contribution in [-0.4, -0.2) is 19.1 Å². The molecule has 0 saturated carbocycles. The minimum absolute atomic E-state index is 0.00418. The van der Waals surface area contributed by atoms with E-state index in [1.807, 2.05) is 0 Å². The Morgan fingerprint density at radius 3 is 2.10 bits per heavy atom. The third-order valence-corrected chi connectivity index (χ3v) is 4.70. The van der Waals surface area contributed by atoms with Crippen molar-refractivity contribution in [1.29, 1.82) is 0 Å². The number of rotatable bonds is 4. The number of fused-ring (bicyclic) bond motifs is 1. The van der Waals surface area contributed by atoms with Crippen molar-refractivity contribution < 1.29 is 13.2 Å². The number of pyridine rings is 2. The zero-order valence-electron chi connectivity index (χ0n) is 15.5. The van der Waals surface area contributed by atoms with Crippen LogP contribution in [0.4, 0.5) is 13.2 Å². The summed E-state index contributed by atoms with van der Waals surface area (Å²) in [7, 11) is 0. The van der Waals surface area contributed by atoms with Gasteiger partial charge in [-0.05, 0) is 47.5 Å². The highest BCUT2D eigenvalue weighted by Crippen LogP contribution is 2.29. The second-order valence-electron chi connectivity index (χ2n) is 6.68. The van der Waals surface area contributed by atoms with E-state index >= 15 is 0 Å². The van der Waals surface area contributed by atoms with Crippen LogP contribution in [0, 0.1) is 0 Å². The van der Waals surface area contributed by atoms with E-state index in [9.17, 15) is 22.8 Å². The summed E-state index contributed by atoms with van der Waals surface area (Å²) in [5, 5.41) is 0. The van der Waals surface area contributed by atoms with Gasteiger partial charge in [-0.3, -0.25) is 18.9 Å². The average Bonchev–Trinajstić information content (AvgIpc) is 2.75. The molecule has 1 aromatic carbocycles. The molecule has 0 saturated heterocycles. The van der Waals surface area contributed by atoms with Crippen molar-refractivity contribution in [3.05, 3.63) is 105 Å². The van der Waals surface area contributed by atoms with Crippen molar-refractivity contribution in [3.63, 3.8) is 0 Å². The fourth-order valence-corrected chi connectivity index (χ4v) is 3.19. The quantitative estimate of drug-likeness (QED) is 0.517. The summed E-state index contributed by atoms with van der Waals surface area (Å²) in [5.41, 5.74) is -0.248. The smallest absolute Gasteiger partial charge is 0.287 e. The van der Waals surface area contributed by atoms with Crippen LogP contribution in [-0.2, 0) is 19.3 Å². The minimum atomic E-state index is -4.44. The molecule has 3 aromatic heterocycles. The lowest BCUT2D eigenvalue weighted by atomic mass is 10.1. The summed E-state index contributed by atoms with van der Waals surface area (Å²) in [6.07, 6.45) is 0.123. The van der Waals surface area contributed by atoms with Crippen LogP contribution in [0.2, 0.25) is 0 Å². The molecular formula is C21H15F3N4O2. The van der Waals surface area contributed by atoms with Gasteiger partial charge >= 0.3 is 11.9 Å². The van der Waals surface area contributed by atoms with E-state index in [0.29, 0.717) is 16.6 Å². The molecule has 0 aliphatic heterocycles. The molecule has 3 heterocycles. The van der Waals surface area contributed by atoms with Crippen LogP contribution in [0.1, 0.15) is 16.7 Å². The van der Waals surface area contributed by atoms with Crippen molar-refractivity contribution in [2.24, 2.45) is 0 Å². The summed E-state index contributed by atoms with van der Waals surface area (Å²) in [5.74, 6) is 0. The fourth-order valence-electron chi connectivity index (χ4n) is 3.19. The maximum Gasteiger partial charge on any atom is 0.416 e. The van der Waals surface area contributed by atoms with Crippen LogP contribution in [0.25, 0.3) is 11.0 Å². The van der Waals surface area contributed by atoms with Gasteiger partial charge in [0.2, 0.25) is 0 Å². The Hall–Kier alpha value is -3.75. The van der Waals surface area contributed by atoms with Crippen LogP contribution in [0.3, 0.4) is 0 Å². The number of nitrogens with zero attached hydrogens (tertiary/aromatic N) is 4. The van der Waals surface area contributed by atoms with Crippen molar-refractivity contribution in [3.8, 4) is 0 Å². The van der Waals surface area contributed by atoms with Crippen LogP contribution in [0.5, 0.6) is 0 Å². The van der Waals surface area contributed by atoms with Gasteiger partial charge in [0.05, 0.1) is 24.2 Å². The number of aromatic nitrogens is 4. The van der Waals surface area contributed by atoms with Gasteiger partial charge in [0, 0.05) is 18.6 Å². The van der Waals surface area contributed by atoms with Gasteiger partial charge in [-0.2, -0.15) is 13.2 Å². The maximum atomic E-state index is 13.1. The van der Waals surface area contributed by atoms with E-state index in [0.717, 1.165) is 16.7 Å². The lowest BCUT2D eigenvalue weighted by Gasteiger charge is -2.14. The van der Waals surface area contributed by atoms with Gasteiger partial charge in [-0.1, -0.05) is 12.1 Å². The van der Waals surface area contributed by atoms with E-state index < -0.39 is 23.0 Å². The Balaban J connectivity index is 1.83. The molecule has 0 bridgehead atoms. The first-order valence-corrected chi connectivity index (χ1v) is 8.98. The average molecular weight is 412 g/mol. The second kappa shape index (κ2) is 7.58. The molecular weight excluding hydrogens is 397 g/mol. The summed E-state index contributed by atoms with van der Waals surface area (Å²) >= 11 is 0. The fraction of sp³-hybridized carbons (Fsp3) is 0.143. The first-order valence-electron chi connectivity index (χ1n) is 8.98. The maximum absolute atomic E-state index is 13.1. The van der Waals surface area contributed by atoms with Crippen molar-refractivity contribution >= 4 is 11.0 Å². The molecule has 30 heavy (non-hydrogen) atoms. The van der Waals surface area contributed by atoms with Gasteiger partial charge in [-0.15, -0.1) is 0 Å². The Bertz CT molecular complexity index is 1310. The van der Waals surface area contributed by atoms with Crippen LogP contribution >= 0.6 is 0 Å². The highest BCUT2D eigenvalue weighted by molar-refractivity contribution is 5.73. The predicted octanol–water partition coefficient (Wildman–Crippen LogP) is 3.07. The normalized spacial score (nSPS) is 11.7. The van der Waals surface area contributed by atoms with Crippen molar-refractivity contribution in [2.75, 3.05) is 0 Å². The van der Waals surface area contributed by atoms with Crippen LogP contribution in [0.15, 0.2) is 76.7 Å². The molecule has 4 aromatic rings. The summed E-state index contributed by atoms with van der Waals surface area (Å²) in [4.78, 5) is 34.0. The highest BCUT2D eigenvalue weighted by atomic mass is 19.4. The monoisotopic (exact) mass is 412 g/mol. The zero-order chi connectivity index (χ0) is 21.3. The van der Waals surface area contributed by atoms with E-state index in [1.165, 1.54) is 22.9 Å². The number of halogens is 3. The summed E-state index contributed by atoms with van der Waals surface area (Å²) in [6.45, 7) is 0.0233. The Morgan fingerprint density at radius 1 is 0.800 bits per heavy atom. The molecule has 0 atom stereocenters. The third-order valence-electron chi connectivity index (χ3n) is 4.70. The molecule has 0 fully saturated rings. The standard InChI is InChI=1S/C21H15F3N4O2/c22-21(23,24)16-5-3-14(4-6-16)12-27-17-2-1-9-26-18(17)19(29)28(20(27)30)13-15-7-10-25-11-8-15/h1-11H,12-13H2. The molecule has 6 nitrogen and oxygen atoms in total. The van der Waals surface area contributed by atoms with Gasteiger partial charge in [0.1, 0.15) is 0 Å². The van der Waals surface area contributed by atoms with Gasteiger partial charge in [-0.25, -0.2) is 9.78 Å². The van der Waals surface area contributed by atoms with E-state index in [2.05, 4.69) is 9.97 Å². The topological polar surface area (TPSA) is 69.8 Å². The number of hydrogen-bond donors (Lipinski definition) is 0. The Labute approximate surface area is 167 Å². The molecule has 0 aliphatic rings. The second-order valence-corrected chi connectivity index (χ2v) is 6.68. The lowest BCUT2D eigenvalue weighted by molar-refractivity contribution is -0.137. The number of benzene rings is 1. The molecule has 0 unspecified atom stereocenters.